The van der Waals surface area contributed by atoms with Crippen LogP contribution in [0.2, 0.25) is 5.02 Å². The third-order valence-electron chi connectivity index (χ3n) is 3.77. The highest BCUT2D eigenvalue weighted by molar-refractivity contribution is 6.30. The maximum atomic E-state index is 12.1. The SMILES string of the molecule is CCn1c(CNC(=O)Cc2ccc(Cl)cc2)nc2ccccc21. The van der Waals surface area contributed by atoms with Crippen molar-refractivity contribution in [2.45, 2.75) is 26.4 Å². The van der Waals surface area contributed by atoms with Crippen LogP contribution in [-0.4, -0.2) is 15.5 Å². The molecule has 0 spiro atoms. The lowest BCUT2D eigenvalue weighted by atomic mass is 10.1. The van der Waals surface area contributed by atoms with E-state index in [1.165, 1.54) is 0 Å². The highest BCUT2D eigenvalue weighted by Gasteiger charge is 2.10. The van der Waals surface area contributed by atoms with E-state index in [2.05, 4.69) is 21.8 Å². The van der Waals surface area contributed by atoms with Gasteiger partial charge in [-0.15, -0.1) is 0 Å². The van der Waals surface area contributed by atoms with E-state index in [1.807, 2.05) is 36.4 Å². The third-order valence-corrected chi connectivity index (χ3v) is 4.02. The number of fused-ring (bicyclic) bond motifs is 1. The molecule has 0 atom stereocenters. The first-order valence-corrected chi connectivity index (χ1v) is 8.00. The van der Waals surface area contributed by atoms with Gasteiger partial charge in [0.2, 0.25) is 5.91 Å². The Balaban J connectivity index is 1.68. The van der Waals surface area contributed by atoms with Crippen molar-refractivity contribution in [1.82, 2.24) is 14.9 Å². The second kappa shape index (κ2) is 6.84. The predicted octanol–water partition coefficient (Wildman–Crippen LogP) is 3.57. The quantitative estimate of drug-likeness (QED) is 0.778. The normalized spacial score (nSPS) is 10.9. The Bertz CT molecular complexity index is 824. The number of para-hydroxylation sites is 2. The van der Waals surface area contributed by atoms with E-state index in [1.54, 1.807) is 12.1 Å². The summed E-state index contributed by atoms with van der Waals surface area (Å²) in [6, 6.07) is 15.3. The summed E-state index contributed by atoms with van der Waals surface area (Å²) >= 11 is 5.85. The summed E-state index contributed by atoms with van der Waals surface area (Å²) in [4.78, 5) is 16.7. The molecular weight excluding hydrogens is 310 g/mol. The van der Waals surface area contributed by atoms with Gasteiger partial charge >= 0.3 is 0 Å². The number of nitrogens with zero attached hydrogens (tertiary/aromatic N) is 2. The zero-order chi connectivity index (χ0) is 16.2. The molecule has 4 nitrogen and oxygen atoms in total. The molecule has 0 radical (unpaired) electrons. The highest BCUT2D eigenvalue weighted by atomic mass is 35.5. The van der Waals surface area contributed by atoms with Crippen LogP contribution in [0.5, 0.6) is 0 Å². The molecule has 1 aromatic heterocycles. The Hall–Kier alpha value is -2.33. The van der Waals surface area contributed by atoms with E-state index in [0.717, 1.165) is 29.0 Å². The van der Waals surface area contributed by atoms with Crippen LogP contribution in [0, 0.1) is 0 Å². The molecule has 0 aliphatic heterocycles. The van der Waals surface area contributed by atoms with Crippen LogP contribution in [0.4, 0.5) is 0 Å². The topological polar surface area (TPSA) is 46.9 Å². The molecule has 3 rings (SSSR count). The van der Waals surface area contributed by atoms with E-state index in [9.17, 15) is 4.79 Å². The molecule has 1 heterocycles. The molecule has 0 unspecified atom stereocenters. The maximum absolute atomic E-state index is 12.1. The molecule has 0 aliphatic rings. The van der Waals surface area contributed by atoms with Gasteiger partial charge in [0.15, 0.2) is 0 Å². The highest BCUT2D eigenvalue weighted by Crippen LogP contribution is 2.16. The van der Waals surface area contributed by atoms with E-state index in [-0.39, 0.29) is 5.91 Å². The smallest absolute Gasteiger partial charge is 0.224 e. The van der Waals surface area contributed by atoms with Gasteiger partial charge in [-0.3, -0.25) is 4.79 Å². The van der Waals surface area contributed by atoms with Gasteiger partial charge in [-0.05, 0) is 36.8 Å². The molecule has 0 bridgehead atoms. The number of benzene rings is 2. The first-order valence-electron chi connectivity index (χ1n) is 7.62. The average molecular weight is 328 g/mol. The maximum Gasteiger partial charge on any atom is 0.224 e. The molecule has 2 aromatic carbocycles. The Morgan fingerprint density at radius 1 is 1.17 bits per heavy atom. The van der Waals surface area contributed by atoms with Gasteiger partial charge in [-0.25, -0.2) is 4.98 Å². The van der Waals surface area contributed by atoms with Gasteiger partial charge in [0.1, 0.15) is 5.82 Å². The Labute approximate surface area is 140 Å². The van der Waals surface area contributed by atoms with Crippen LogP contribution >= 0.6 is 11.6 Å². The summed E-state index contributed by atoms with van der Waals surface area (Å²) in [6.07, 6.45) is 0.337. The summed E-state index contributed by atoms with van der Waals surface area (Å²) in [5, 5.41) is 3.61. The van der Waals surface area contributed by atoms with Crippen LogP contribution in [0.25, 0.3) is 11.0 Å². The first kappa shape index (κ1) is 15.6. The third kappa shape index (κ3) is 3.54. The molecule has 0 fully saturated rings. The second-order valence-corrected chi connectivity index (χ2v) is 5.78. The Kier molecular flexibility index (Phi) is 4.63. The summed E-state index contributed by atoms with van der Waals surface area (Å²) < 4.78 is 2.12. The number of amides is 1. The number of carbonyl (C=O) groups is 1. The minimum Gasteiger partial charge on any atom is -0.349 e. The fourth-order valence-corrected chi connectivity index (χ4v) is 2.77. The standard InChI is InChI=1S/C18H18ClN3O/c1-2-22-16-6-4-3-5-15(16)21-17(22)12-20-18(23)11-13-7-9-14(19)10-8-13/h3-10H,2,11-12H2,1H3,(H,20,23). The number of nitrogens with one attached hydrogen (secondary N) is 1. The largest absolute Gasteiger partial charge is 0.349 e. The summed E-state index contributed by atoms with van der Waals surface area (Å²) in [5.74, 6) is 0.847. The van der Waals surface area contributed by atoms with Crippen molar-refractivity contribution < 1.29 is 4.79 Å². The molecular formula is C18H18ClN3O. The van der Waals surface area contributed by atoms with Crippen LogP contribution in [0.3, 0.4) is 0 Å². The molecule has 23 heavy (non-hydrogen) atoms. The summed E-state index contributed by atoms with van der Waals surface area (Å²) in [6.45, 7) is 3.32. The number of aryl methyl sites for hydroxylation is 1. The number of hydrogen-bond donors (Lipinski definition) is 1. The molecule has 5 heteroatoms. The van der Waals surface area contributed by atoms with E-state index in [4.69, 9.17) is 11.6 Å². The number of carbonyl (C=O) groups excluding carboxylic acids is 1. The van der Waals surface area contributed by atoms with Crippen LogP contribution < -0.4 is 5.32 Å². The Morgan fingerprint density at radius 3 is 2.65 bits per heavy atom. The predicted molar refractivity (Wildman–Crippen MR) is 92.4 cm³/mol. The van der Waals surface area contributed by atoms with Gasteiger partial charge in [0, 0.05) is 11.6 Å². The molecule has 1 N–H and O–H groups in total. The summed E-state index contributed by atoms with van der Waals surface area (Å²) in [7, 11) is 0. The minimum absolute atomic E-state index is 0.0259. The van der Waals surface area contributed by atoms with E-state index >= 15 is 0 Å². The van der Waals surface area contributed by atoms with Gasteiger partial charge in [-0.1, -0.05) is 35.9 Å². The van der Waals surface area contributed by atoms with Crippen molar-refractivity contribution in [3.05, 3.63) is 64.9 Å². The molecule has 0 saturated carbocycles. The zero-order valence-electron chi connectivity index (χ0n) is 12.9. The van der Waals surface area contributed by atoms with Crippen molar-refractivity contribution in [2.75, 3.05) is 0 Å². The van der Waals surface area contributed by atoms with Crippen molar-refractivity contribution in [1.29, 1.82) is 0 Å². The van der Waals surface area contributed by atoms with Gasteiger partial charge in [0.05, 0.1) is 24.0 Å². The number of hydrogen-bond acceptors (Lipinski definition) is 2. The molecule has 1 amide bonds. The van der Waals surface area contributed by atoms with Crippen molar-refractivity contribution in [3.8, 4) is 0 Å². The fourth-order valence-electron chi connectivity index (χ4n) is 2.64. The lowest BCUT2D eigenvalue weighted by Gasteiger charge is -2.08. The number of halogens is 1. The van der Waals surface area contributed by atoms with E-state index in [0.29, 0.717) is 18.0 Å². The Morgan fingerprint density at radius 2 is 1.91 bits per heavy atom. The van der Waals surface area contributed by atoms with Gasteiger partial charge in [-0.2, -0.15) is 0 Å². The van der Waals surface area contributed by atoms with Crippen LogP contribution in [-0.2, 0) is 24.3 Å². The average Bonchev–Trinajstić information content (AvgIpc) is 2.92. The molecule has 3 aromatic rings. The summed E-state index contributed by atoms with van der Waals surface area (Å²) in [5.41, 5.74) is 2.99. The number of imidazole rings is 1. The lowest BCUT2D eigenvalue weighted by Crippen LogP contribution is -2.26. The van der Waals surface area contributed by atoms with Crippen LogP contribution in [0.1, 0.15) is 18.3 Å². The second-order valence-electron chi connectivity index (χ2n) is 5.34. The minimum atomic E-state index is -0.0259. The van der Waals surface area contributed by atoms with Gasteiger partial charge in [0.25, 0.3) is 0 Å². The molecule has 118 valence electrons. The first-order chi connectivity index (χ1) is 11.2. The lowest BCUT2D eigenvalue weighted by molar-refractivity contribution is -0.120. The van der Waals surface area contributed by atoms with Crippen molar-refractivity contribution >= 4 is 28.5 Å². The zero-order valence-corrected chi connectivity index (χ0v) is 13.7. The molecule has 0 saturated heterocycles. The number of aromatic nitrogens is 2. The van der Waals surface area contributed by atoms with E-state index < -0.39 is 0 Å². The molecule has 0 aliphatic carbocycles. The monoisotopic (exact) mass is 327 g/mol. The number of rotatable bonds is 5. The fraction of sp³-hybridized carbons (Fsp3) is 0.222. The van der Waals surface area contributed by atoms with Gasteiger partial charge < -0.3 is 9.88 Å². The van der Waals surface area contributed by atoms with Crippen molar-refractivity contribution in [3.63, 3.8) is 0 Å². The van der Waals surface area contributed by atoms with Crippen LogP contribution in [0.15, 0.2) is 48.5 Å². The van der Waals surface area contributed by atoms with Crippen molar-refractivity contribution in [2.24, 2.45) is 0 Å².